The second kappa shape index (κ2) is 10.8. The number of hydrogen-bond acceptors (Lipinski definition) is 7. The molecule has 2 aromatic carbocycles. The van der Waals surface area contributed by atoms with Crippen molar-refractivity contribution in [2.75, 3.05) is 13.7 Å². The van der Waals surface area contributed by atoms with Crippen molar-refractivity contribution in [2.45, 2.75) is 33.5 Å². The predicted molar refractivity (Wildman–Crippen MR) is 127 cm³/mol. The quantitative estimate of drug-likeness (QED) is 0.371. The Bertz CT molecular complexity index is 1100. The molecule has 1 aliphatic rings. The van der Waals surface area contributed by atoms with Crippen LogP contribution in [0, 0.1) is 6.92 Å². The molecule has 0 saturated carbocycles. The third-order valence-electron chi connectivity index (χ3n) is 4.58. The van der Waals surface area contributed by atoms with Crippen LogP contribution in [-0.2, 0) is 20.9 Å². The summed E-state index contributed by atoms with van der Waals surface area (Å²) in [5.74, 6) is -0.448. The van der Waals surface area contributed by atoms with Gasteiger partial charge in [0, 0.05) is 0 Å². The van der Waals surface area contributed by atoms with E-state index in [9.17, 15) is 14.4 Å². The first kappa shape index (κ1) is 24.7. The van der Waals surface area contributed by atoms with Crippen LogP contribution in [0.2, 0.25) is 5.02 Å². The first-order chi connectivity index (χ1) is 15.7. The monoisotopic (exact) mass is 489 g/mol. The van der Waals surface area contributed by atoms with E-state index in [1.54, 1.807) is 26.0 Å². The smallest absolute Gasteiger partial charge is 0.326 e. The molecular formula is C24H24ClNO6S. The number of aryl methyl sites for hydroxylation is 1. The van der Waals surface area contributed by atoms with E-state index >= 15 is 0 Å². The molecule has 1 heterocycles. The lowest BCUT2D eigenvalue weighted by atomic mass is 10.1. The van der Waals surface area contributed by atoms with Crippen LogP contribution in [0.5, 0.6) is 11.5 Å². The Morgan fingerprint density at radius 1 is 1.18 bits per heavy atom. The number of carbonyl (C=O) groups is 3. The summed E-state index contributed by atoms with van der Waals surface area (Å²) in [5.41, 5.74) is 2.68. The fourth-order valence-corrected chi connectivity index (χ4v) is 4.13. The molecule has 1 aliphatic heterocycles. The molecule has 0 spiro atoms. The number of rotatable bonds is 8. The molecule has 0 atom stereocenters. The molecule has 0 aliphatic carbocycles. The average molecular weight is 490 g/mol. The van der Waals surface area contributed by atoms with Crippen LogP contribution >= 0.6 is 23.4 Å². The van der Waals surface area contributed by atoms with Crippen LogP contribution in [-0.4, -0.2) is 41.8 Å². The van der Waals surface area contributed by atoms with Gasteiger partial charge >= 0.3 is 5.97 Å². The molecule has 174 valence electrons. The van der Waals surface area contributed by atoms with Gasteiger partial charge in [0.25, 0.3) is 11.1 Å². The Morgan fingerprint density at radius 2 is 1.88 bits per heavy atom. The van der Waals surface area contributed by atoms with Crippen LogP contribution in [0.25, 0.3) is 6.08 Å². The number of benzene rings is 2. The number of ether oxygens (including phenoxy) is 3. The van der Waals surface area contributed by atoms with E-state index in [1.165, 1.54) is 13.2 Å². The number of esters is 1. The largest absolute Gasteiger partial charge is 0.493 e. The van der Waals surface area contributed by atoms with Crippen molar-refractivity contribution in [1.82, 2.24) is 4.90 Å². The first-order valence-electron chi connectivity index (χ1n) is 10.2. The summed E-state index contributed by atoms with van der Waals surface area (Å²) in [4.78, 5) is 37.8. The van der Waals surface area contributed by atoms with Crippen molar-refractivity contribution >= 4 is 46.6 Å². The highest BCUT2D eigenvalue weighted by molar-refractivity contribution is 8.18. The fraction of sp³-hybridized carbons (Fsp3) is 0.292. The molecule has 0 radical (unpaired) electrons. The summed E-state index contributed by atoms with van der Waals surface area (Å²) in [6.45, 7) is 5.26. The SMILES string of the molecule is COc1cc(/C=C2/SC(=O)N(CC(=O)OC(C)C)C2=O)cc(Cl)c1OCc1ccc(C)cc1. The lowest BCUT2D eigenvalue weighted by Crippen LogP contribution is -2.35. The zero-order valence-electron chi connectivity index (χ0n) is 18.7. The molecule has 3 rings (SSSR count). The number of methoxy groups -OCH3 is 1. The second-order valence-electron chi connectivity index (χ2n) is 7.61. The van der Waals surface area contributed by atoms with Gasteiger partial charge in [0.2, 0.25) is 0 Å². The minimum atomic E-state index is -0.645. The van der Waals surface area contributed by atoms with Gasteiger partial charge in [-0.15, -0.1) is 0 Å². The maximum atomic E-state index is 12.7. The first-order valence-corrected chi connectivity index (χ1v) is 11.4. The maximum absolute atomic E-state index is 12.7. The van der Waals surface area contributed by atoms with Crippen LogP contribution in [0.1, 0.15) is 30.5 Å². The maximum Gasteiger partial charge on any atom is 0.326 e. The van der Waals surface area contributed by atoms with Crippen molar-refractivity contribution in [3.63, 3.8) is 0 Å². The molecule has 7 nitrogen and oxygen atoms in total. The number of imide groups is 1. The molecule has 2 aromatic rings. The molecule has 1 fully saturated rings. The zero-order valence-corrected chi connectivity index (χ0v) is 20.3. The van der Waals surface area contributed by atoms with Crippen LogP contribution in [0.4, 0.5) is 4.79 Å². The molecule has 0 N–H and O–H groups in total. The molecule has 9 heteroatoms. The van der Waals surface area contributed by atoms with E-state index in [0.29, 0.717) is 28.7 Å². The molecule has 0 aromatic heterocycles. The minimum absolute atomic E-state index is 0.170. The van der Waals surface area contributed by atoms with Gasteiger partial charge in [0.15, 0.2) is 11.5 Å². The Kier molecular flexibility index (Phi) is 8.05. The molecule has 33 heavy (non-hydrogen) atoms. The molecule has 2 amide bonds. The zero-order chi connectivity index (χ0) is 24.1. The highest BCUT2D eigenvalue weighted by Crippen LogP contribution is 2.39. The fourth-order valence-electron chi connectivity index (χ4n) is 3.02. The third kappa shape index (κ3) is 6.30. The van der Waals surface area contributed by atoms with E-state index in [0.717, 1.165) is 27.8 Å². The summed E-state index contributed by atoms with van der Waals surface area (Å²) in [6.07, 6.45) is 1.19. The Labute approximate surface area is 201 Å². The number of carbonyl (C=O) groups excluding carboxylic acids is 3. The molecule has 0 unspecified atom stereocenters. The number of halogens is 1. The standard InChI is InChI=1S/C24H24ClNO6S/c1-14(2)32-21(27)12-26-23(28)20(33-24(26)29)11-17-9-18(25)22(19(10-17)30-4)31-13-16-7-5-15(3)6-8-16/h5-11,14H,12-13H2,1-4H3/b20-11+. The highest BCUT2D eigenvalue weighted by Gasteiger charge is 2.36. The lowest BCUT2D eigenvalue weighted by Gasteiger charge is -2.14. The van der Waals surface area contributed by atoms with E-state index < -0.39 is 23.7 Å². The highest BCUT2D eigenvalue weighted by atomic mass is 35.5. The van der Waals surface area contributed by atoms with Crippen molar-refractivity contribution in [1.29, 1.82) is 0 Å². The average Bonchev–Trinajstić information content (AvgIpc) is 3.00. The lowest BCUT2D eigenvalue weighted by molar-refractivity contribution is -0.149. The number of amides is 2. The Balaban J connectivity index is 1.77. The van der Waals surface area contributed by atoms with Crippen molar-refractivity contribution < 1.29 is 28.6 Å². The normalized spacial score (nSPS) is 14.8. The molecule has 0 bridgehead atoms. The van der Waals surface area contributed by atoms with Crippen molar-refractivity contribution in [2.24, 2.45) is 0 Å². The van der Waals surface area contributed by atoms with Gasteiger partial charge in [0.05, 0.1) is 23.1 Å². The van der Waals surface area contributed by atoms with Gasteiger partial charge in [-0.25, -0.2) is 0 Å². The summed E-state index contributed by atoms with van der Waals surface area (Å²) in [5, 5.41) is -0.240. The van der Waals surface area contributed by atoms with Crippen LogP contribution in [0.15, 0.2) is 41.3 Å². The van der Waals surface area contributed by atoms with Gasteiger partial charge in [-0.1, -0.05) is 41.4 Å². The summed E-state index contributed by atoms with van der Waals surface area (Å²) in [6, 6.07) is 11.2. The van der Waals surface area contributed by atoms with Gasteiger partial charge in [-0.05, 0) is 61.9 Å². The number of nitrogens with zero attached hydrogens (tertiary/aromatic N) is 1. The summed E-state index contributed by atoms with van der Waals surface area (Å²) < 4.78 is 16.3. The van der Waals surface area contributed by atoms with Crippen molar-refractivity contribution in [3.8, 4) is 11.5 Å². The van der Waals surface area contributed by atoms with Gasteiger partial charge in [0.1, 0.15) is 13.2 Å². The second-order valence-corrected chi connectivity index (χ2v) is 9.02. The van der Waals surface area contributed by atoms with Crippen LogP contribution in [0.3, 0.4) is 0 Å². The number of hydrogen-bond donors (Lipinski definition) is 0. The predicted octanol–water partition coefficient (Wildman–Crippen LogP) is 5.22. The van der Waals surface area contributed by atoms with Gasteiger partial charge < -0.3 is 14.2 Å². The topological polar surface area (TPSA) is 82.1 Å². The van der Waals surface area contributed by atoms with Gasteiger partial charge in [-0.2, -0.15) is 0 Å². The molecule has 1 saturated heterocycles. The number of thioether (sulfide) groups is 1. The Hall–Kier alpha value is -2.97. The Morgan fingerprint density at radius 3 is 2.52 bits per heavy atom. The minimum Gasteiger partial charge on any atom is -0.493 e. The van der Waals surface area contributed by atoms with Crippen LogP contribution < -0.4 is 9.47 Å². The van der Waals surface area contributed by atoms with Crippen molar-refractivity contribution in [3.05, 3.63) is 63.0 Å². The van der Waals surface area contributed by atoms with Gasteiger partial charge in [-0.3, -0.25) is 19.3 Å². The van der Waals surface area contributed by atoms with E-state index in [1.807, 2.05) is 31.2 Å². The summed E-state index contributed by atoms with van der Waals surface area (Å²) >= 11 is 7.18. The third-order valence-corrected chi connectivity index (χ3v) is 5.77. The van der Waals surface area contributed by atoms with E-state index in [4.69, 9.17) is 25.8 Å². The molecular weight excluding hydrogens is 466 g/mol. The van der Waals surface area contributed by atoms with E-state index in [-0.39, 0.29) is 11.0 Å². The summed E-state index contributed by atoms with van der Waals surface area (Å²) in [7, 11) is 1.49. The van der Waals surface area contributed by atoms with E-state index in [2.05, 4.69) is 0 Å².